The summed E-state index contributed by atoms with van der Waals surface area (Å²) in [4.78, 5) is 6.96. The van der Waals surface area contributed by atoms with Crippen LogP contribution in [0.15, 0.2) is 17.1 Å². The first-order valence-corrected chi connectivity index (χ1v) is 9.29. The van der Waals surface area contributed by atoms with Gasteiger partial charge in [-0.3, -0.25) is 4.99 Å². The molecule has 0 atom stereocenters. The van der Waals surface area contributed by atoms with Gasteiger partial charge in [0.2, 0.25) is 0 Å². The lowest BCUT2D eigenvalue weighted by atomic mass is 10.4. The second-order valence-electron chi connectivity index (χ2n) is 5.15. The Morgan fingerprint density at radius 1 is 1.04 bits per heavy atom. The number of hydrogen-bond acceptors (Lipinski definition) is 4. The van der Waals surface area contributed by atoms with Crippen molar-refractivity contribution in [3.63, 3.8) is 0 Å². The molecule has 0 radical (unpaired) electrons. The van der Waals surface area contributed by atoms with Crippen LogP contribution in [0.2, 0.25) is 0 Å². The van der Waals surface area contributed by atoms with Crippen LogP contribution in [0.25, 0.3) is 0 Å². The van der Waals surface area contributed by atoms with E-state index < -0.39 is 0 Å². The molecule has 0 unspecified atom stereocenters. The van der Waals surface area contributed by atoms with E-state index in [9.17, 15) is 0 Å². The van der Waals surface area contributed by atoms with Crippen molar-refractivity contribution in [1.29, 1.82) is 0 Å². The van der Waals surface area contributed by atoms with Gasteiger partial charge in [0.25, 0.3) is 0 Å². The zero-order chi connectivity index (χ0) is 16.8. The standard InChI is InChI=1S/C17H31N3O2S/c1-4-6-10-21-12-13-22-11-9-19-17(18-3)20-14-16-8-7-15(5-2)23-16/h7-8H,4-6,9-14H2,1-3H3,(H2,18,19,20). The van der Waals surface area contributed by atoms with Crippen LogP contribution in [0, 0.1) is 0 Å². The lowest BCUT2D eigenvalue weighted by Crippen LogP contribution is -2.38. The van der Waals surface area contributed by atoms with E-state index in [1.807, 2.05) is 11.3 Å². The summed E-state index contributed by atoms with van der Waals surface area (Å²) < 4.78 is 11.0. The smallest absolute Gasteiger partial charge is 0.191 e. The van der Waals surface area contributed by atoms with Crippen LogP contribution in [-0.2, 0) is 22.4 Å². The van der Waals surface area contributed by atoms with Crippen LogP contribution in [0.1, 0.15) is 36.4 Å². The van der Waals surface area contributed by atoms with Gasteiger partial charge in [-0.05, 0) is 25.0 Å². The molecule has 5 nitrogen and oxygen atoms in total. The van der Waals surface area contributed by atoms with Gasteiger partial charge in [-0.2, -0.15) is 0 Å². The maximum Gasteiger partial charge on any atom is 0.191 e. The quantitative estimate of drug-likeness (QED) is 0.349. The number of thiophene rings is 1. The van der Waals surface area contributed by atoms with Gasteiger partial charge in [0, 0.05) is 30.0 Å². The van der Waals surface area contributed by atoms with Gasteiger partial charge in [0.05, 0.1) is 26.4 Å². The number of nitrogens with zero attached hydrogens (tertiary/aromatic N) is 1. The number of guanidine groups is 1. The Morgan fingerprint density at radius 2 is 1.78 bits per heavy atom. The molecule has 6 heteroatoms. The Labute approximate surface area is 144 Å². The van der Waals surface area contributed by atoms with Crippen LogP contribution in [0.5, 0.6) is 0 Å². The highest BCUT2D eigenvalue weighted by molar-refractivity contribution is 7.11. The summed E-state index contributed by atoms with van der Waals surface area (Å²) in [6.45, 7) is 8.67. The first-order chi connectivity index (χ1) is 11.3. The number of aliphatic imine (C=N–C) groups is 1. The van der Waals surface area contributed by atoms with Crippen LogP contribution in [0.3, 0.4) is 0 Å². The molecule has 0 amide bonds. The number of ether oxygens (including phenoxy) is 2. The molecule has 0 spiro atoms. The highest BCUT2D eigenvalue weighted by Crippen LogP contribution is 2.16. The van der Waals surface area contributed by atoms with Crippen molar-refractivity contribution in [3.8, 4) is 0 Å². The van der Waals surface area contributed by atoms with E-state index in [0.29, 0.717) is 19.8 Å². The lowest BCUT2D eigenvalue weighted by Gasteiger charge is -2.11. The summed E-state index contributed by atoms with van der Waals surface area (Å²) in [7, 11) is 1.78. The van der Waals surface area contributed by atoms with Crippen molar-refractivity contribution < 1.29 is 9.47 Å². The second kappa shape index (κ2) is 13.3. The normalized spacial score (nSPS) is 11.7. The largest absolute Gasteiger partial charge is 0.379 e. The first kappa shape index (κ1) is 19.9. The minimum atomic E-state index is 0.645. The molecular formula is C17H31N3O2S. The number of unbranched alkanes of at least 4 members (excludes halogenated alkanes) is 1. The summed E-state index contributed by atoms with van der Waals surface area (Å²) in [6, 6.07) is 4.36. The molecule has 0 aliphatic rings. The third-order valence-electron chi connectivity index (χ3n) is 3.27. The minimum Gasteiger partial charge on any atom is -0.379 e. The molecule has 0 bridgehead atoms. The molecule has 132 valence electrons. The fourth-order valence-electron chi connectivity index (χ4n) is 1.91. The van der Waals surface area contributed by atoms with Crippen molar-refractivity contribution >= 4 is 17.3 Å². The Balaban J connectivity index is 2.03. The Morgan fingerprint density at radius 3 is 2.43 bits per heavy atom. The molecule has 1 aromatic heterocycles. The van der Waals surface area contributed by atoms with Crippen LogP contribution in [-0.4, -0.2) is 46.0 Å². The molecule has 0 aliphatic heterocycles. The maximum absolute atomic E-state index is 5.52. The molecule has 0 saturated heterocycles. The topological polar surface area (TPSA) is 54.9 Å². The maximum atomic E-state index is 5.52. The highest BCUT2D eigenvalue weighted by Gasteiger charge is 2.01. The van der Waals surface area contributed by atoms with Gasteiger partial charge in [-0.25, -0.2) is 0 Å². The fraction of sp³-hybridized carbons (Fsp3) is 0.706. The van der Waals surface area contributed by atoms with E-state index in [1.165, 1.54) is 16.2 Å². The SMILES string of the molecule is CCCCOCCOCCNC(=NC)NCc1ccc(CC)s1. The van der Waals surface area contributed by atoms with Crippen molar-refractivity contribution in [3.05, 3.63) is 21.9 Å². The lowest BCUT2D eigenvalue weighted by molar-refractivity contribution is 0.0487. The Hall–Kier alpha value is -1.11. The predicted octanol–water partition coefficient (Wildman–Crippen LogP) is 2.81. The average Bonchev–Trinajstić information content (AvgIpc) is 3.04. The first-order valence-electron chi connectivity index (χ1n) is 8.47. The zero-order valence-corrected chi connectivity index (χ0v) is 15.5. The van der Waals surface area contributed by atoms with E-state index >= 15 is 0 Å². The van der Waals surface area contributed by atoms with Crippen molar-refractivity contribution in [2.45, 2.75) is 39.7 Å². The number of aryl methyl sites for hydroxylation is 1. The van der Waals surface area contributed by atoms with Crippen LogP contribution < -0.4 is 10.6 Å². The molecule has 0 fully saturated rings. The molecule has 1 aromatic rings. The summed E-state index contributed by atoms with van der Waals surface area (Å²) in [5.41, 5.74) is 0. The van der Waals surface area contributed by atoms with E-state index in [0.717, 1.165) is 38.5 Å². The summed E-state index contributed by atoms with van der Waals surface area (Å²) in [5, 5.41) is 6.57. The van der Waals surface area contributed by atoms with E-state index in [4.69, 9.17) is 9.47 Å². The molecular weight excluding hydrogens is 310 g/mol. The average molecular weight is 342 g/mol. The van der Waals surface area contributed by atoms with Crippen LogP contribution >= 0.6 is 11.3 Å². The Bertz CT molecular complexity index is 435. The second-order valence-corrected chi connectivity index (χ2v) is 6.41. The molecule has 23 heavy (non-hydrogen) atoms. The number of rotatable bonds is 12. The van der Waals surface area contributed by atoms with Crippen molar-refractivity contribution in [1.82, 2.24) is 10.6 Å². The van der Waals surface area contributed by atoms with Gasteiger partial charge >= 0.3 is 0 Å². The third kappa shape index (κ3) is 9.58. The monoisotopic (exact) mass is 341 g/mol. The molecule has 0 aromatic carbocycles. The molecule has 1 rings (SSSR count). The van der Waals surface area contributed by atoms with Gasteiger partial charge in [0.15, 0.2) is 5.96 Å². The van der Waals surface area contributed by atoms with Crippen LogP contribution in [0.4, 0.5) is 0 Å². The molecule has 0 aliphatic carbocycles. The van der Waals surface area contributed by atoms with Gasteiger partial charge in [0.1, 0.15) is 0 Å². The highest BCUT2D eigenvalue weighted by atomic mass is 32.1. The zero-order valence-electron chi connectivity index (χ0n) is 14.7. The molecule has 1 heterocycles. The predicted molar refractivity (Wildman–Crippen MR) is 98.4 cm³/mol. The van der Waals surface area contributed by atoms with Gasteiger partial charge in [-0.15, -0.1) is 11.3 Å². The minimum absolute atomic E-state index is 0.645. The third-order valence-corrected chi connectivity index (χ3v) is 4.50. The van der Waals surface area contributed by atoms with Crippen molar-refractivity contribution in [2.75, 3.05) is 40.0 Å². The van der Waals surface area contributed by atoms with E-state index in [2.05, 4.69) is 41.6 Å². The number of hydrogen-bond donors (Lipinski definition) is 2. The van der Waals surface area contributed by atoms with E-state index in [1.54, 1.807) is 7.05 Å². The number of nitrogens with one attached hydrogen (secondary N) is 2. The molecule has 0 saturated carbocycles. The molecule has 2 N–H and O–H groups in total. The Kier molecular flexibility index (Phi) is 11.6. The van der Waals surface area contributed by atoms with Gasteiger partial charge < -0.3 is 20.1 Å². The summed E-state index contributed by atoms with van der Waals surface area (Å²) >= 11 is 1.84. The van der Waals surface area contributed by atoms with E-state index in [-0.39, 0.29) is 0 Å². The summed E-state index contributed by atoms with van der Waals surface area (Å²) in [6.07, 6.45) is 3.38. The van der Waals surface area contributed by atoms with Crippen molar-refractivity contribution in [2.24, 2.45) is 4.99 Å². The van der Waals surface area contributed by atoms with Gasteiger partial charge in [-0.1, -0.05) is 20.3 Å². The summed E-state index contributed by atoms with van der Waals surface area (Å²) in [5.74, 6) is 0.805. The fourth-order valence-corrected chi connectivity index (χ4v) is 2.81.